The number of hydrogen-bond acceptors (Lipinski definition) is 3. The van der Waals surface area contributed by atoms with Gasteiger partial charge < -0.3 is 4.74 Å². The second-order valence-electron chi connectivity index (χ2n) is 3.85. The number of hydrogen-bond donors (Lipinski definition) is 1. The predicted octanol–water partition coefficient (Wildman–Crippen LogP) is 1.74. The fourth-order valence-corrected chi connectivity index (χ4v) is 1.63. The first-order valence-electron chi connectivity index (χ1n) is 5.41. The van der Waals surface area contributed by atoms with Gasteiger partial charge >= 0.3 is 0 Å². The maximum absolute atomic E-state index is 5.38. The average molecular weight is 207 g/mol. The summed E-state index contributed by atoms with van der Waals surface area (Å²) in [5.74, 6) is 0.612. The molecule has 82 valence electrons. The normalized spacial score (nSPS) is 20.7. The Kier molecular flexibility index (Phi) is 4.14. The van der Waals surface area contributed by atoms with Gasteiger partial charge in [-0.25, -0.2) is 5.48 Å². The molecule has 3 heteroatoms. The summed E-state index contributed by atoms with van der Waals surface area (Å²) in [5, 5.41) is 0. The van der Waals surface area contributed by atoms with Gasteiger partial charge in [0.2, 0.25) is 0 Å². The lowest BCUT2D eigenvalue weighted by atomic mass is 10.1. The van der Waals surface area contributed by atoms with E-state index in [4.69, 9.17) is 9.57 Å². The minimum absolute atomic E-state index is 0.612. The first-order valence-corrected chi connectivity index (χ1v) is 5.41. The van der Waals surface area contributed by atoms with Gasteiger partial charge in [-0.15, -0.1) is 0 Å². The van der Waals surface area contributed by atoms with Crippen LogP contribution in [0.5, 0.6) is 0 Å². The summed E-state index contributed by atoms with van der Waals surface area (Å²) in [6.07, 6.45) is 1.14. The standard InChI is InChI=1S/C12H17NO2/c1-2-4-11(5-3-1)10-15-13-8-12-6-7-14-9-12/h1-5,12-13H,6-10H2. The highest BCUT2D eigenvalue weighted by molar-refractivity contribution is 5.13. The Balaban J connectivity index is 1.59. The summed E-state index contributed by atoms with van der Waals surface area (Å²) >= 11 is 0. The molecule has 1 aromatic carbocycles. The first-order chi connectivity index (χ1) is 7.45. The van der Waals surface area contributed by atoms with Gasteiger partial charge in [-0.2, -0.15) is 0 Å². The predicted molar refractivity (Wildman–Crippen MR) is 58.2 cm³/mol. The van der Waals surface area contributed by atoms with E-state index in [2.05, 4.69) is 17.6 Å². The number of nitrogens with one attached hydrogen (secondary N) is 1. The van der Waals surface area contributed by atoms with Crippen molar-refractivity contribution >= 4 is 0 Å². The molecular formula is C12H17NO2. The van der Waals surface area contributed by atoms with Crippen molar-refractivity contribution < 1.29 is 9.57 Å². The molecule has 1 aliphatic rings. The Labute approximate surface area is 90.3 Å². The Morgan fingerprint density at radius 1 is 1.33 bits per heavy atom. The summed E-state index contributed by atoms with van der Waals surface area (Å²) in [7, 11) is 0. The van der Waals surface area contributed by atoms with Crippen molar-refractivity contribution in [3.05, 3.63) is 35.9 Å². The molecule has 0 spiro atoms. The Bertz CT molecular complexity index is 270. The summed E-state index contributed by atoms with van der Waals surface area (Å²) in [5.41, 5.74) is 4.18. The molecule has 1 fully saturated rings. The van der Waals surface area contributed by atoms with Crippen molar-refractivity contribution in [2.75, 3.05) is 19.8 Å². The average Bonchev–Trinajstić information content (AvgIpc) is 2.79. The van der Waals surface area contributed by atoms with Gasteiger partial charge in [-0.1, -0.05) is 30.3 Å². The molecule has 0 aliphatic carbocycles. The van der Waals surface area contributed by atoms with Crippen molar-refractivity contribution in [3.8, 4) is 0 Å². The van der Waals surface area contributed by atoms with Gasteiger partial charge in [0.1, 0.15) is 0 Å². The van der Waals surface area contributed by atoms with Crippen LogP contribution in [-0.4, -0.2) is 19.8 Å². The van der Waals surface area contributed by atoms with Gasteiger partial charge in [0.25, 0.3) is 0 Å². The molecule has 15 heavy (non-hydrogen) atoms. The second-order valence-corrected chi connectivity index (χ2v) is 3.85. The van der Waals surface area contributed by atoms with Crippen LogP contribution in [0.25, 0.3) is 0 Å². The van der Waals surface area contributed by atoms with E-state index < -0.39 is 0 Å². The summed E-state index contributed by atoms with van der Waals surface area (Å²) < 4.78 is 5.28. The van der Waals surface area contributed by atoms with Gasteiger partial charge in [0, 0.05) is 13.2 Å². The molecular weight excluding hydrogens is 190 g/mol. The van der Waals surface area contributed by atoms with Crippen molar-refractivity contribution in [3.63, 3.8) is 0 Å². The zero-order valence-electron chi connectivity index (χ0n) is 8.82. The van der Waals surface area contributed by atoms with Crippen molar-refractivity contribution in [2.45, 2.75) is 13.0 Å². The maximum Gasteiger partial charge on any atom is 0.0933 e. The zero-order chi connectivity index (χ0) is 10.3. The summed E-state index contributed by atoms with van der Waals surface area (Å²) in [6, 6.07) is 10.2. The van der Waals surface area contributed by atoms with Crippen LogP contribution in [0, 0.1) is 5.92 Å². The van der Waals surface area contributed by atoms with Crippen LogP contribution in [0.15, 0.2) is 30.3 Å². The smallest absolute Gasteiger partial charge is 0.0933 e. The van der Waals surface area contributed by atoms with E-state index in [1.54, 1.807) is 0 Å². The maximum atomic E-state index is 5.38. The largest absolute Gasteiger partial charge is 0.381 e. The van der Waals surface area contributed by atoms with Crippen LogP contribution in [0.2, 0.25) is 0 Å². The number of rotatable bonds is 5. The molecule has 1 saturated heterocycles. The Morgan fingerprint density at radius 2 is 2.20 bits per heavy atom. The molecule has 3 nitrogen and oxygen atoms in total. The lowest BCUT2D eigenvalue weighted by molar-refractivity contribution is 0.0186. The number of benzene rings is 1. The van der Waals surface area contributed by atoms with E-state index in [1.165, 1.54) is 5.56 Å². The molecule has 0 radical (unpaired) electrons. The minimum Gasteiger partial charge on any atom is -0.381 e. The number of hydroxylamine groups is 1. The Morgan fingerprint density at radius 3 is 2.93 bits per heavy atom. The molecule has 1 aromatic rings. The SMILES string of the molecule is c1ccc(CONCC2CCOC2)cc1. The quantitative estimate of drug-likeness (QED) is 0.589. The van der Waals surface area contributed by atoms with Crippen LogP contribution in [0.4, 0.5) is 0 Å². The van der Waals surface area contributed by atoms with E-state index in [0.717, 1.165) is 26.2 Å². The van der Waals surface area contributed by atoms with Crippen LogP contribution in [0.1, 0.15) is 12.0 Å². The molecule has 0 amide bonds. The molecule has 0 bridgehead atoms. The molecule has 1 atom stereocenters. The van der Waals surface area contributed by atoms with Crippen LogP contribution in [0.3, 0.4) is 0 Å². The molecule has 1 aliphatic heterocycles. The third-order valence-electron chi connectivity index (χ3n) is 2.58. The van der Waals surface area contributed by atoms with E-state index in [-0.39, 0.29) is 0 Å². The number of ether oxygens (including phenoxy) is 1. The van der Waals surface area contributed by atoms with Gasteiger partial charge in [-0.05, 0) is 17.9 Å². The molecule has 1 N–H and O–H groups in total. The highest BCUT2D eigenvalue weighted by Crippen LogP contribution is 2.10. The molecule has 0 aromatic heterocycles. The molecule has 1 unspecified atom stereocenters. The van der Waals surface area contributed by atoms with Crippen LogP contribution in [-0.2, 0) is 16.2 Å². The van der Waals surface area contributed by atoms with Crippen LogP contribution < -0.4 is 5.48 Å². The van der Waals surface area contributed by atoms with Gasteiger partial charge in [0.15, 0.2) is 0 Å². The zero-order valence-corrected chi connectivity index (χ0v) is 8.82. The third kappa shape index (κ3) is 3.63. The van der Waals surface area contributed by atoms with E-state index in [0.29, 0.717) is 12.5 Å². The van der Waals surface area contributed by atoms with E-state index in [1.807, 2.05) is 18.2 Å². The fourth-order valence-electron chi connectivity index (χ4n) is 1.63. The third-order valence-corrected chi connectivity index (χ3v) is 2.58. The van der Waals surface area contributed by atoms with Crippen molar-refractivity contribution in [1.29, 1.82) is 0 Å². The molecule has 2 rings (SSSR count). The first kappa shape index (κ1) is 10.6. The summed E-state index contributed by atoms with van der Waals surface area (Å²) in [6.45, 7) is 3.26. The van der Waals surface area contributed by atoms with Crippen molar-refractivity contribution in [1.82, 2.24) is 5.48 Å². The van der Waals surface area contributed by atoms with Gasteiger partial charge in [0.05, 0.1) is 13.2 Å². The second kappa shape index (κ2) is 5.85. The fraction of sp³-hybridized carbons (Fsp3) is 0.500. The van der Waals surface area contributed by atoms with E-state index >= 15 is 0 Å². The summed E-state index contributed by atoms with van der Waals surface area (Å²) in [4.78, 5) is 5.38. The highest BCUT2D eigenvalue weighted by atomic mass is 16.6. The topological polar surface area (TPSA) is 30.5 Å². The minimum atomic E-state index is 0.612. The molecule has 1 heterocycles. The lowest BCUT2D eigenvalue weighted by Gasteiger charge is -2.09. The lowest BCUT2D eigenvalue weighted by Crippen LogP contribution is -2.23. The molecule has 0 saturated carbocycles. The Hall–Kier alpha value is -0.900. The highest BCUT2D eigenvalue weighted by Gasteiger charge is 2.14. The van der Waals surface area contributed by atoms with Crippen LogP contribution >= 0.6 is 0 Å². The van der Waals surface area contributed by atoms with Gasteiger partial charge in [-0.3, -0.25) is 4.84 Å². The monoisotopic (exact) mass is 207 g/mol. The van der Waals surface area contributed by atoms with E-state index in [9.17, 15) is 0 Å². The van der Waals surface area contributed by atoms with Crippen molar-refractivity contribution in [2.24, 2.45) is 5.92 Å².